The van der Waals surface area contributed by atoms with Crippen molar-refractivity contribution in [1.29, 1.82) is 0 Å². The summed E-state index contributed by atoms with van der Waals surface area (Å²) < 4.78 is 12.4. The van der Waals surface area contributed by atoms with Crippen molar-refractivity contribution in [2.45, 2.75) is 13.0 Å². The molecule has 0 amide bonds. The number of nitrogens with zero attached hydrogens (tertiary/aromatic N) is 2. The van der Waals surface area contributed by atoms with Gasteiger partial charge in [-0.25, -0.2) is 4.98 Å². The lowest BCUT2D eigenvalue weighted by Crippen LogP contribution is -2.37. The summed E-state index contributed by atoms with van der Waals surface area (Å²) in [4.78, 5) is 8.86. The Balaban J connectivity index is 0.00000225. The van der Waals surface area contributed by atoms with Gasteiger partial charge in [-0.15, -0.1) is 35.3 Å². The van der Waals surface area contributed by atoms with E-state index in [1.54, 1.807) is 24.6 Å². The summed E-state index contributed by atoms with van der Waals surface area (Å²) >= 11 is 1.63. The van der Waals surface area contributed by atoms with E-state index in [2.05, 4.69) is 26.7 Å². The van der Waals surface area contributed by atoms with Gasteiger partial charge < -0.3 is 19.5 Å². The zero-order chi connectivity index (χ0) is 18.5. The highest BCUT2D eigenvalue weighted by atomic mass is 127. The third-order valence-corrected chi connectivity index (χ3v) is 5.11. The van der Waals surface area contributed by atoms with E-state index in [9.17, 15) is 0 Å². The molecule has 0 aliphatic carbocycles. The van der Waals surface area contributed by atoms with Gasteiger partial charge in [-0.3, -0.25) is 4.99 Å². The maximum absolute atomic E-state index is 5.95. The smallest absolute Gasteiger partial charge is 0.191 e. The van der Waals surface area contributed by atoms with E-state index >= 15 is 0 Å². The standard InChI is InChI=1S/C20H20N4O2S.HI/c1-21-20(22-11-10-14-5-4-12-25-14)23-13-15-8-9-17(26-15)19-24-16-6-2-3-7-18(16)27-19;/h2-9,12H,10-11,13H2,1H3,(H2,21,22,23);1H. The van der Waals surface area contributed by atoms with Crippen LogP contribution in [0.5, 0.6) is 0 Å². The number of halogens is 1. The third-order valence-electron chi connectivity index (χ3n) is 4.06. The highest BCUT2D eigenvalue weighted by molar-refractivity contribution is 14.0. The second-order valence-electron chi connectivity index (χ2n) is 5.93. The fraction of sp³-hybridized carbons (Fsp3) is 0.200. The van der Waals surface area contributed by atoms with Crippen LogP contribution in [0.1, 0.15) is 11.5 Å². The van der Waals surface area contributed by atoms with Crippen molar-refractivity contribution < 1.29 is 8.83 Å². The summed E-state index contributed by atoms with van der Waals surface area (Å²) in [5.41, 5.74) is 0.995. The largest absolute Gasteiger partial charge is 0.469 e. The molecule has 0 saturated heterocycles. The highest BCUT2D eigenvalue weighted by Gasteiger charge is 2.10. The average molecular weight is 508 g/mol. The Bertz CT molecular complexity index is 1010. The van der Waals surface area contributed by atoms with Gasteiger partial charge in [0.05, 0.1) is 23.0 Å². The number of hydrogen-bond donors (Lipinski definition) is 2. The molecule has 8 heteroatoms. The molecule has 0 aliphatic heterocycles. The SMILES string of the molecule is CN=C(NCCc1ccco1)NCc1ccc(-c2nc3ccccc3s2)o1.I. The molecule has 3 heterocycles. The van der Waals surface area contributed by atoms with Gasteiger partial charge in [0.15, 0.2) is 16.7 Å². The lowest BCUT2D eigenvalue weighted by molar-refractivity contribution is 0.503. The average Bonchev–Trinajstić information content (AvgIpc) is 3.44. The minimum atomic E-state index is 0. The molecule has 4 rings (SSSR count). The number of furan rings is 2. The minimum Gasteiger partial charge on any atom is -0.469 e. The molecule has 0 aliphatic rings. The van der Waals surface area contributed by atoms with E-state index in [0.717, 1.165) is 51.4 Å². The molecule has 0 bridgehead atoms. The van der Waals surface area contributed by atoms with Crippen molar-refractivity contribution in [2.75, 3.05) is 13.6 Å². The Morgan fingerprint density at radius 2 is 1.96 bits per heavy atom. The van der Waals surface area contributed by atoms with Gasteiger partial charge in [0.25, 0.3) is 0 Å². The van der Waals surface area contributed by atoms with E-state index in [1.165, 1.54) is 0 Å². The predicted molar refractivity (Wildman–Crippen MR) is 123 cm³/mol. The van der Waals surface area contributed by atoms with Gasteiger partial charge in [0.1, 0.15) is 11.5 Å². The molecule has 6 nitrogen and oxygen atoms in total. The Morgan fingerprint density at radius 1 is 1.07 bits per heavy atom. The Morgan fingerprint density at radius 3 is 2.75 bits per heavy atom. The van der Waals surface area contributed by atoms with Crippen LogP contribution < -0.4 is 10.6 Å². The van der Waals surface area contributed by atoms with Gasteiger partial charge in [-0.1, -0.05) is 12.1 Å². The molecule has 146 valence electrons. The molecule has 0 saturated carbocycles. The van der Waals surface area contributed by atoms with Gasteiger partial charge >= 0.3 is 0 Å². The predicted octanol–water partition coefficient (Wildman–Crippen LogP) is 4.68. The molecular weight excluding hydrogens is 487 g/mol. The number of aromatic nitrogens is 1. The zero-order valence-corrected chi connectivity index (χ0v) is 18.5. The second-order valence-corrected chi connectivity index (χ2v) is 6.97. The van der Waals surface area contributed by atoms with Crippen molar-refractivity contribution >= 4 is 51.5 Å². The molecule has 0 atom stereocenters. The molecule has 4 aromatic rings. The first-order valence-electron chi connectivity index (χ1n) is 8.73. The van der Waals surface area contributed by atoms with Crippen LogP contribution in [0.4, 0.5) is 0 Å². The normalized spacial score (nSPS) is 11.4. The number of benzene rings is 1. The summed E-state index contributed by atoms with van der Waals surface area (Å²) in [6.07, 6.45) is 2.48. The number of rotatable bonds is 6. The number of aliphatic imine (C=N–C) groups is 1. The summed E-state index contributed by atoms with van der Waals surface area (Å²) in [7, 11) is 1.75. The second kappa shape index (κ2) is 9.74. The molecule has 0 radical (unpaired) electrons. The van der Waals surface area contributed by atoms with E-state index in [0.29, 0.717) is 6.54 Å². The van der Waals surface area contributed by atoms with Crippen molar-refractivity contribution in [3.05, 3.63) is 66.3 Å². The summed E-state index contributed by atoms with van der Waals surface area (Å²) in [5, 5.41) is 7.41. The lowest BCUT2D eigenvalue weighted by Gasteiger charge is -2.10. The fourth-order valence-electron chi connectivity index (χ4n) is 2.72. The monoisotopic (exact) mass is 508 g/mol. The first kappa shape index (κ1) is 20.4. The topological polar surface area (TPSA) is 75.6 Å². The molecule has 28 heavy (non-hydrogen) atoms. The van der Waals surface area contributed by atoms with E-state index < -0.39 is 0 Å². The molecule has 0 unspecified atom stereocenters. The molecule has 2 N–H and O–H groups in total. The summed E-state index contributed by atoms with van der Waals surface area (Å²) in [5.74, 6) is 3.29. The van der Waals surface area contributed by atoms with Gasteiger partial charge in [0, 0.05) is 20.0 Å². The minimum absolute atomic E-state index is 0. The Kier molecular flexibility index (Phi) is 7.10. The quantitative estimate of drug-likeness (QED) is 0.225. The first-order valence-corrected chi connectivity index (χ1v) is 9.55. The van der Waals surface area contributed by atoms with Crippen LogP contribution in [0, 0.1) is 0 Å². The van der Waals surface area contributed by atoms with Crippen LogP contribution >= 0.6 is 35.3 Å². The number of hydrogen-bond acceptors (Lipinski definition) is 5. The summed E-state index contributed by atoms with van der Waals surface area (Å²) in [6.45, 7) is 1.29. The number of thiazole rings is 1. The van der Waals surface area contributed by atoms with Gasteiger partial charge in [0.2, 0.25) is 0 Å². The number of nitrogens with one attached hydrogen (secondary N) is 2. The number of para-hydroxylation sites is 1. The zero-order valence-electron chi connectivity index (χ0n) is 15.3. The van der Waals surface area contributed by atoms with E-state index in [-0.39, 0.29) is 24.0 Å². The Labute approximate surface area is 184 Å². The molecule has 0 spiro atoms. The van der Waals surface area contributed by atoms with Crippen LogP contribution in [0.2, 0.25) is 0 Å². The maximum atomic E-state index is 5.95. The van der Waals surface area contributed by atoms with Crippen LogP contribution in [0.3, 0.4) is 0 Å². The summed E-state index contributed by atoms with van der Waals surface area (Å²) in [6, 6.07) is 15.9. The number of fused-ring (bicyclic) bond motifs is 1. The van der Waals surface area contributed by atoms with E-state index in [1.807, 2.05) is 42.5 Å². The molecule has 3 aromatic heterocycles. The van der Waals surface area contributed by atoms with Crippen LogP contribution in [0.15, 0.2) is 68.6 Å². The third kappa shape index (κ3) is 4.93. The van der Waals surface area contributed by atoms with E-state index in [4.69, 9.17) is 8.83 Å². The van der Waals surface area contributed by atoms with Crippen LogP contribution in [-0.2, 0) is 13.0 Å². The molecule has 1 aromatic carbocycles. The molecular formula is C20H21IN4O2S. The van der Waals surface area contributed by atoms with Crippen molar-refractivity contribution in [3.63, 3.8) is 0 Å². The van der Waals surface area contributed by atoms with Gasteiger partial charge in [-0.2, -0.15) is 0 Å². The van der Waals surface area contributed by atoms with Crippen molar-refractivity contribution in [2.24, 2.45) is 4.99 Å². The highest BCUT2D eigenvalue weighted by Crippen LogP contribution is 2.31. The van der Waals surface area contributed by atoms with Crippen molar-refractivity contribution in [1.82, 2.24) is 15.6 Å². The fourth-order valence-corrected chi connectivity index (χ4v) is 3.64. The van der Waals surface area contributed by atoms with Gasteiger partial charge in [-0.05, 0) is 36.4 Å². The van der Waals surface area contributed by atoms with Crippen LogP contribution in [-0.4, -0.2) is 24.5 Å². The lowest BCUT2D eigenvalue weighted by atomic mass is 10.3. The first-order chi connectivity index (χ1) is 13.3. The maximum Gasteiger partial charge on any atom is 0.191 e. The number of guanidine groups is 1. The Hall–Kier alpha value is -2.33. The van der Waals surface area contributed by atoms with Crippen molar-refractivity contribution in [3.8, 4) is 10.8 Å². The molecule has 0 fully saturated rings. The van der Waals surface area contributed by atoms with Crippen LogP contribution in [0.25, 0.3) is 21.0 Å².